The Kier molecular flexibility index (Phi) is 7.94. The van der Waals surface area contributed by atoms with Crippen LogP contribution in [0.1, 0.15) is 89.0 Å². The summed E-state index contributed by atoms with van der Waals surface area (Å²) in [7, 11) is 1.72. The maximum atomic E-state index is 12.6. The van der Waals surface area contributed by atoms with Gasteiger partial charge in [0.25, 0.3) is 0 Å². The van der Waals surface area contributed by atoms with Crippen LogP contribution in [0.25, 0.3) is 16.8 Å². The number of fused-ring (bicyclic) bond motifs is 1. The van der Waals surface area contributed by atoms with Gasteiger partial charge in [-0.3, -0.25) is 4.79 Å². The molecule has 7 nitrogen and oxygen atoms in total. The minimum atomic E-state index is -1.00. The summed E-state index contributed by atoms with van der Waals surface area (Å²) in [6.07, 6.45) is 9.93. The second kappa shape index (κ2) is 12.2. The first kappa shape index (κ1) is 29.3. The standard InChI is InChI=1S/C38H42N4O3/c1-3-25-20-24(10-15-32(25)26-16-18-41(19-17-26)37(43)28-12-13-28)21-30-14-11-27-6-5-9-33(35(27)30)29-7-4-8-31(22-29)42-36(39-2)34(23-40-42)38(44)45/h4-10,15,20,22-23,26,28,30,39H,3,11-14,16-19,21H2,1-2H3,(H,44,45). The van der Waals surface area contributed by atoms with E-state index >= 15 is 0 Å². The Morgan fingerprint density at radius 1 is 0.978 bits per heavy atom. The Labute approximate surface area is 265 Å². The normalized spacial score (nSPS) is 18.2. The van der Waals surface area contributed by atoms with Gasteiger partial charge in [-0.1, -0.05) is 55.5 Å². The molecule has 2 fully saturated rings. The second-order valence-corrected chi connectivity index (χ2v) is 13.0. The van der Waals surface area contributed by atoms with Crippen LogP contribution in [0.4, 0.5) is 5.82 Å². The number of aromatic carboxylic acids is 1. The first-order valence-corrected chi connectivity index (χ1v) is 16.6. The zero-order valence-electron chi connectivity index (χ0n) is 26.3. The lowest BCUT2D eigenvalue weighted by molar-refractivity contribution is -0.133. The van der Waals surface area contributed by atoms with Gasteiger partial charge in [-0.25, -0.2) is 9.48 Å². The van der Waals surface area contributed by atoms with E-state index in [1.807, 2.05) is 12.1 Å². The van der Waals surface area contributed by atoms with Crippen LogP contribution in [-0.2, 0) is 24.1 Å². The SMILES string of the molecule is CCc1cc(CC2CCc3cccc(-c4cccc(-n5ncc(C(=O)O)c5NC)c4)c32)ccc1C1CCN(C(=O)C2CC2)CC1. The number of amides is 1. The van der Waals surface area contributed by atoms with E-state index in [0.717, 1.165) is 75.7 Å². The average Bonchev–Trinajstić information content (AvgIpc) is 3.70. The number of carboxylic acid groups (broad SMARTS) is 1. The molecule has 1 atom stereocenters. The number of aryl methyl sites for hydroxylation is 2. The molecule has 0 radical (unpaired) electrons. The van der Waals surface area contributed by atoms with Crippen molar-refractivity contribution in [3.05, 3.63) is 100 Å². The van der Waals surface area contributed by atoms with E-state index < -0.39 is 5.97 Å². The third kappa shape index (κ3) is 5.65. The highest BCUT2D eigenvalue weighted by Crippen LogP contribution is 2.43. The van der Waals surface area contributed by atoms with Crippen LogP contribution in [0, 0.1) is 5.92 Å². The van der Waals surface area contributed by atoms with Crippen LogP contribution in [0.2, 0.25) is 0 Å². The summed E-state index contributed by atoms with van der Waals surface area (Å²) in [6.45, 7) is 4.05. The molecule has 45 heavy (non-hydrogen) atoms. The number of nitrogens with one attached hydrogen (secondary N) is 1. The molecular weight excluding hydrogens is 560 g/mol. The van der Waals surface area contributed by atoms with Crippen molar-refractivity contribution in [3.8, 4) is 16.8 Å². The molecular formula is C38H42N4O3. The Hall–Kier alpha value is -4.39. The van der Waals surface area contributed by atoms with Crippen molar-refractivity contribution in [3.63, 3.8) is 0 Å². The third-order valence-electron chi connectivity index (χ3n) is 10.2. The van der Waals surface area contributed by atoms with Crippen molar-refractivity contribution in [2.75, 3.05) is 25.5 Å². The first-order valence-electron chi connectivity index (χ1n) is 16.6. The molecule has 1 aliphatic heterocycles. The van der Waals surface area contributed by atoms with Gasteiger partial charge in [-0.15, -0.1) is 0 Å². The van der Waals surface area contributed by atoms with Crippen LogP contribution in [-0.4, -0.2) is 51.8 Å². The predicted molar refractivity (Wildman–Crippen MR) is 177 cm³/mol. The quantitative estimate of drug-likeness (QED) is 0.211. The topological polar surface area (TPSA) is 87.5 Å². The highest BCUT2D eigenvalue weighted by Gasteiger charge is 2.35. The highest BCUT2D eigenvalue weighted by molar-refractivity contribution is 5.93. The van der Waals surface area contributed by atoms with Crippen molar-refractivity contribution >= 4 is 17.7 Å². The Bertz CT molecular complexity index is 1750. The number of piperidine rings is 1. The number of aromatic nitrogens is 2. The summed E-state index contributed by atoms with van der Waals surface area (Å²) < 4.78 is 1.66. The van der Waals surface area contributed by atoms with Gasteiger partial charge in [0, 0.05) is 26.1 Å². The van der Waals surface area contributed by atoms with Gasteiger partial charge in [0.2, 0.25) is 5.91 Å². The van der Waals surface area contributed by atoms with Crippen LogP contribution in [0.3, 0.4) is 0 Å². The van der Waals surface area contributed by atoms with E-state index in [1.54, 1.807) is 11.7 Å². The summed E-state index contributed by atoms with van der Waals surface area (Å²) >= 11 is 0. The number of benzene rings is 3. The van der Waals surface area contributed by atoms with Gasteiger partial charge >= 0.3 is 5.97 Å². The Morgan fingerprint density at radius 3 is 2.51 bits per heavy atom. The molecule has 1 saturated carbocycles. The highest BCUT2D eigenvalue weighted by atomic mass is 16.4. The van der Waals surface area contributed by atoms with Crippen molar-refractivity contribution < 1.29 is 14.7 Å². The number of carbonyl (C=O) groups is 2. The minimum absolute atomic E-state index is 0.148. The van der Waals surface area contributed by atoms with Gasteiger partial charge in [0.1, 0.15) is 11.4 Å². The number of likely N-dealkylation sites (tertiary alicyclic amines) is 1. The molecule has 1 unspecified atom stereocenters. The van der Waals surface area contributed by atoms with Gasteiger partial charge in [-0.05, 0) is 114 Å². The fourth-order valence-electron chi connectivity index (χ4n) is 7.76. The smallest absolute Gasteiger partial charge is 0.341 e. The molecule has 0 bridgehead atoms. The van der Waals surface area contributed by atoms with E-state index in [1.165, 1.54) is 39.6 Å². The zero-order valence-corrected chi connectivity index (χ0v) is 26.3. The lowest BCUT2D eigenvalue weighted by Crippen LogP contribution is -2.38. The van der Waals surface area contributed by atoms with E-state index in [0.29, 0.717) is 29.5 Å². The molecule has 2 N–H and O–H groups in total. The van der Waals surface area contributed by atoms with Gasteiger partial charge in [0.05, 0.1) is 11.9 Å². The molecule has 4 aromatic rings. The van der Waals surface area contributed by atoms with E-state index in [-0.39, 0.29) is 5.56 Å². The average molecular weight is 603 g/mol. The Morgan fingerprint density at radius 2 is 1.78 bits per heavy atom. The first-order chi connectivity index (χ1) is 21.9. The van der Waals surface area contributed by atoms with Gasteiger partial charge in [0.15, 0.2) is 0 Å². The van der Waals surface area contributed by atoms with Gasteiger partial charge < -0.3 is 15.3 Å². The zero-order chi connectivity index (χ0) is 31.1. The maximum absolute atomic E-state index is 12.6. The molecule has 7 rings (SSSR count). The summed E-state index contributed by atoms with van der Waals surface area (Å²) in [5.74, 6) is 1.13. The molecule has 1 amide bonds. The molecule has 232 valence electrons. The number of carbonyl (C=O) groups excluding carboxylic acids is 1. The second-order valence-electron chi connectivity index (χ2n) is 13.0. The van der Waals surface area contributed by atoms with E-state index in [2.05, 4.69) is 70.8 Å². The van der Waals surface area contributed by atoms with Crippen molar-refractivity contribution in [1.82, 2.24) is 14.7 Å². The maximum Gasteiger partial charge on any atom is 0.341 e. The molecule has 0 spiro atoms. The molecule has 1 saturated heterocycles. The summed E-state index contributed by atoms with van der Waals surface area (Å²) in [6, 6.07) is 22.1. The fourth-order valence-corrected chi connectivity index (χ4v) is 7.76. The van der Waals surface area contributed by atoms with E-state index in [9.17, 15) is 14.7 Å². The minimum Gasteiger partial charge on any atom is -0.477 e. The predicted octanol–water partition coefficient (Wildman–Crippen LogP) is 7.23. The van der Waals surface area contributed by atoms with Crippen LogP contribution >= 0.6 is 0 Å². The van der Waals surface area contributed by atoms with Crippen LogP contribution < -0.4 is 5.32 Å². The van der Waals surface area contributed by atoms with Crippen LogP contribution in [0.15, 0.2) is 66.9 Å². The fraction of sp³-hybridized carbons (Fsp3) is 0.395. The van der Waals surface area contributed by atoms with Crippen molar-refractivity contribution in [2.45, 2.75) is 70.1 Å². The summed E-state index contributed by atoms with van der Waals surface area (Å²) in [5, 5.41) is 17.0. The number of nitrogens with zero attached hydrogens (tertiary/aromatic N) is 3. The summed E-state index contributed by atoms with van der Waals surface area (Å²) in [4.78, 5) is 26.4. The van der Waals surface area contributed by atoms with Crippen molar-refractivity contribution in [2.24, 2.45) is 5.92 Å². The lowest BCUT2D eigenvalue weighted by Gasteiger charge is -2.33. The number of carboxylic acids is 1. The van der Waals surface area contributed by atoms with E-state index in [4.69, 9.17) is 0 Å². The number of rotatable bonds is 9. The Balaban J connectivity index is 1.12. The number of anilines is 1. The monoisotopic (exact) mass is 602 g/mol. The molecule has 2 heterocycles. The number of hydrogen-bond acceptors (Lipinski definition) is 4. The van der Waals surface area contributed by atoms with Crippen molar-refractivity contribution in [1.29, 1.82) is 0 Å². The lowest BCUT2D eigenvalue weighted by atomic mass is 9.83. The van der Waals surface area contributed by atoms with Crippen LogP contribution in [0.5, 0.6) is 0 Å². The van der Waals surface area contributed by atoms with Gasteiger partial charge in [-0.2, -0.15) is 5.10 Å². The molecule has 2 aliphatic carbocycles. The molecule has 1 aromatic heterocycles. The summed E-state index contributed by atoms with van der Waals surface area (Å²) in [5.41, 5.74) is 10.5. The third-order valence-corrected chi connectivity index (χ3v) is 10.2. The molecule has 3 aliphatic rings. The largest absolute Gasteiger partial charge is 0.477 e. The molecule has 3 aromatic carbocycles. The molecule has 7 heteroatoms. The number of hydrogen-bond donors (Lipinski definition) is 2.